The first-order valence-corrected chi connectivity index (χ1v) is 12.1. The highest BCUT2D eigenvalue weighted by Crippen LogP contribution is 2.28. The van der Waals surface area contributed by atoms with Gasteiger partial charge in [-0.05, 0) is 41.6 Å². The summed E-state index contributed by atoms with van der Waals surface area (Å²) in [5.41, 5.74) is 2.76. The van der Waals surface area contributed by atoms with Crippen LogP contribution in [0.1, 0.15) is 15.9 Å². The van der Waals surface area contributed by atoms with Crippen LogP contribution in [0, 0.1) is 6.92 Å². The molecule has 6 rings (SSSR count). The molecule has 1 aliphatic heterocycles. The Bertz CT molecular complexity index is 1640. The van der Waals surface area contributed by atoms with E-state index in [0.29, 0.717) is 60.0 Å². The smallest absolute Gasteiger partial charge is 0.257 e. The number of benzene rings is 3. The van der Waals surface area contributed by atoms with Crippen LogP contribution >= 0.6 is 0 Å². The van der Waals surface area contributed by atoms with Gasteiger partial charge >= 0.3 is 0 Å². The first kappa shape index (κ1) is 22.7. The minimum Gasteiger partial charge on any atom is -0.455 e. The van der Waals surface area contributed by atoms with Gasteiger partial charge < -0.3 is 14.2 Å². The van der Waals surface area contributed by atoms with Gasteiger partial charge in [-0.15, -0.1) is 0 Å². The summed E-state index contributed by atoms with van der Waals surface area (Å²) in [6.45, 7) is 3.87. The predicted octanol–water partition coefficient (Wildman–Crippen LogP) is 3.71. The highest BCUT2D eigenvalue weighted by atomic mass is 16.3. The number of anilines is 1. The maximum absolute atomic E-state index is 13.6. The first-order chi connectivity index (χ1) is 18.1. The fraction of sp³-hybridized carbons (Fsp3) is 0.179. The van der Waals surface area contributed by atoms with E-state index in [2.05, 4.69) is 20.4 Å². The Morgan fingerprint density at radius 2 is 1.57 bits per heavy atom. The van der Waals surface area contributed by atoms with E-state index in [-0.39, 0.29) is 11.3 Å². The molecule has 0 radical (unpaired) electrons. The van der Waals surface area contributed by atoms with Crippen LogP contribution in [-0.4, -0.2) is 57.2 Å². The minimum atomic E-state index is -0.168. The van der Waals surface area contributed by atoms with Crippen LogP contribution in [0.15, 0.2) is 88.1 Å². The van der Waals surface area contributed by atoms with Crippen LogP contribution in [0.3, 0.4) is 0 Å². The van der Waals surface area contributed by atoms with Crippen molar-refractivity contribution in [1.82, 2.24) is 25.1 Å². The number of hydrogen-bond acceptors (Lipinski definition) is 7. The largest absolute Gasteiger partial charge is 0.455 e. The summed E-state index contributed by atoms with van der Waals surface area (Å²) >= 11 is 0. The number of para-hydroxylation sites is 2. The Morgan fingerprint density at radius 1 is 0.865 bits per heavy atom. The van der Waals surface area contributed by atoms with Gasteiger partial charge in [0.05, 0.1) is 16.6 Å². The Balaban J connectivity index is 1.28. The van der Waals surface area contributed by atoms with Crippen molar-refractivity contribution < 1.29 is 9.21 Å². The molecule has 1 saturated heterocycles. The van der Waals surface area contributed by atoms with Crippen molar-refractivity contribution in [1.29, 1.82) is 0 Å². The molecule has 0 unspecified atom stereocenters. The van der Waals surface area contributed by atoms with Crippen molar-refractivity contribution in [2.75, 3.05) is 31.1 Å². The molecule has 1 amide bonds. The zero-order chi connectivity index (χ0) is 25.4. The molecule has 0 atom stereocenters. The maximum atomic E-state index is 13.6. The van der Waals surface area contributed by atoms with Gasteiger partial charge in [-0.3, -0.25) is 9.59 Å². The summed E-state index contributed by atoms with van der Waals surface area (Å²) in [6.07, 6.45) is 0. The lowest BCUT2D eigenvalue weighted by atomic mass is 10.0. The summed E-state index contributed by atoms with van der Waals surface area (Å²) in [4.78, 5) is 30.7. The molecule has 0 spiro atoms. The van der Waals surface area contributed by atoms with Crippen molar-refractivity contribution in [2.45, 2.75) is 6.92 Å². The zero-order valence-corrected chi connectivity index (χ0v) is 20.2. The van der Waals surface area contributed by atoms with Gasteiger partial charge in [0.2, 0.25) is 5.95 Å². The molecule has 2 aromatic heterocycles. The molecule has 9 nitrogen and oxygen atoms in total. The van der Waals surface area contributed by atoms with Crippen molar-refractivity contribution in [3.05, 3.63) is 100 Å². The van der Waals surface area contributed by atoms with Crippen LogP contribution in [-0.2, 0) is 0 Å². The minimum absolute atomic E-state index is 0.132. The van der Waals surface area contributed by atoms with Crippen LogP contribution in [0.4, 0.5) is 5.95 Å². The molecular formula is C28H24N6O3. The third-order valence-electron chi connectivity index (χ3n) is 6.71. The first-order valence-electron chi connectivity index (χ1n) is 12.1. The average molecular weight is 493 g/mol. The Kier molecular flexibility index (Phi) is 5.72. The van der Waals surface area contributed by atoms with E-state index in [4.69, 9.17) is 4.42 Å². The highest BCUT2D eigenvalue weighted by molar-refractivity contribution is 6.05. The Morgan fingerprint density at radius 3 is 2.30 bits per heavy atom. The number of hydrogen-bond donors (Lipinski definition) is 0. The molecule has 0 aliphatic carbocycles. The van der Waals surface area contributed by atoms with Crippen molar-refractivity contribution in [3.63, 3.8) is 0 Å². The number of tetrazole rings is 1. The monoisotopic (exact) mass is 492 g/mol. The van der Waals surface area contributed by atoms with E-state index >= 15 is 0 Å². The molecule has 3 heterocycles. The number of amides is 1. The summed E-state index contributed by atoms with van der Waals surface area (Å²) < 4.78 is 7.96. The lowest BCUT2D eigenvalue weighted by molar-refractivity contribution is 0.0747. The molecule has 5 aromatic rings. The maximum Gasteiger partial charge on any atom is 0.257 e. The van der Waals surface area contributed by atoms with E-state index in [0.717, 1.165) is 11.3 Å². The molecule has 184 valence electrons. The molecule has 1 aliphatic rings. The number of piperazine rings is 1. The summed E-state index contributed by atoms with van der Waals surface area (Å²) in [6, 6.07) is 24.3. The van der Waals surface area contributed by atoms with Gasteiger partial charge in [0.25, 0.3) is 5.91 Å². The second kappa shape index (κ2) is 9.34. The molecular weight excluding hydrogens is 468 g/mol. The molecule has 9 heteroatoms. The van der Waals surface area contributed by atoms with Crippen LogP contribution in [0.2, 0.25) is 0 Å². The molecule has 0 bridgehead atoms. The number of nitrogens with zero attached hydrogens (tertiary/aromatic N) is 6. The van der Waals surface area contributed by atoms with E-state index in [9.17, 15) is 9.59 Å². The van der Waals surface area contributed by atoms with Gasteiger partial charge in [0.15, 0.2) is 11.0 Å². The Labute approximate surface area is 212 Å². The van der Waals surface area contributed by atoms with Gasteiger partial charge in [-0.25, -0.2) is 0 Å². The predicted molar refractivity (Wildman–Crippen MR) is 140 cm³/mol. The van der Waals surface area contributed by atoms with Crippen LogP contribution < -0.4 is 10.3 Å². The van der Waals surface area contributed by atoms with Crippen molar-refractivity contribution >= 4 is 22.8 Å². The topological polar surface area (TPSA) is 97.4 Å². The number of fused-ring (bicyclic) bond motifs is 1. The number of aromatic nitrogens is 4. The number of rotatable bonds is 4. The Hall–Kier alpha value is -4.79. The van der Waals surface area contributed by atoms with Crippen LogP contribution in [0.5, 0.6) is 0 Å². The molecule has 0 saturated carbocycles. The fourth-order valence-corrected chi connectivity index (χ4v) is 4.74. The second-order valence-electron chi connectivity index (χ2n) is 8.94. The van der Waals surface area contributed by atoms with Gasteiger partial charge in [-0.1, -0.05) is 59.7 Å². The van der Waals surface area contributed by atoms with E-state index in [1.54, 1.807) is 34.7 Å². The summed E-state index contributed by atoms with van der Waals surface area (Å²) in [7, 11) is 0. The molecule has 1 fully saturated rings. The van der Waals surface area contributed by atoms with Crippen molar-refractivity contribution in [2.24, 2.45) is 0 Å². The fourth-order valence-electron chi connectivity index (χ4n) is 4.74. The van der Waals surface area contributed by atoms with Gasteiger partial charge in [0, 0.05) is 37.3 Å². The van der Waals surface area contributed by atoms with Gasteiger partial charge in [0.1, 0.15) is 5.76 Å². The molecule has 0 N–H and O–H groups in total. The summed E-state index contributed by atoms with van der Waals surface area (Å²) in [5.74, 6) is 0.951. The zero-order valence-electron chi connectivity index (χ0n) is 20.2. The number of carbonyl (C=O) groups excluding carboxylic acids is 1. The number of carbonyl (C=O) groups is 1. The molecule has 3 aromatic carbocycles. The lowest BCUT2D eigenvalue weighted by Crippen LogP contribution is -2.49. The third kappa shape index (κ3) is 4.04. The van der Waals surface area contributed by atoms with E-state index < -0.39 is 0 Å². The normalized spacial score (nSPS) is 13.8. The summed E-state index contributed by atoms with van der Waals surface area (Å²) in [5, 5.41) is 12.6. The molecule has 37 heavy (non-hydrogen) atoms. The standard InChI is InChI=1S/C28H24N6O3/c1-19-24(35)22-13-8-14-23(26(22)37-25(19)20-9-4-2-5-10-20)27(36)32-15-17-33(18-16-32)28-29-30-31-34(28)21-11-6-3-7-12-21/h2-14H,15-18H2,1H3. The van der Waals surface area contributed by atoms with Gasteiger partial charge in [-0.2, -0.15) is 4.68 Å². The van der Waals surface area contributed by atoms with E-state index in [1.807, 2.05) is 60.7 Å². The quantitative estimate of drug-likeness (QED) is 0.377. The average Bonchev–Trinajstić information content (AvgIpc) is 3.45. The lowest BCUT2D eigenvalue weighted by Gasteiger charge is -2.34. The highest BCUT2D eigenvalue weighted by Gasteiger charge is 2.27. The second-order valence-corrected chi connectivity index (χ2v) is 8.94. The van der Waals surface area contributed by atoms with Crippen LogP contribution in [0.25, 0.3) is 28.0 Å². The third-order valence-corrected chi connectivity index (χ3v) is 6.71. The van der Waals surface area contributed by atoms with Crippen molar-refractivity contribution in [3.8, 4) is 17.0 Å². The van der Waals surface area contributed by atoms with E-state index in [1.165, 1.54) is 0 Å². The SMILES string of the molecule is Cc1c(-c2ccccc2)oc2c(C(=O)N3CCN(c4nnnn4-c4ccccc4)CC3)cccc2c1=O.